The van der Waals surface area contributed by atoms with Crippen LogP contribution in [-0.4, -0.2) is 20.3 Å². The zero-order valence-electron chi connectivity index (χ0n) is 12.9. The fourth-order valence-corrected chi connectivity index (χ4v) is 3.49. The van der Waals surface area contributed by atoms with E-state index in [9.17, 15) is 0 Å². The first-order valence-electron chi connectivity index (χ1n) is 7.29. The topological polar surface area (TPSA) is 76.7 Å². The second-order valence-corrected chi connectivity index (χ2v) is 7.56. The molecule has 0 radical (unpaired) electrons. The van der Waals surface area contributed by atoms with Crippen molar-refractivity contribution in [2.75, 3.05) is 5.32 Å². The lowest BCUT2D eigenvalue weighted by Crippen LogP contribution is -1.94. The highest BCUT2D eigenvalue weighted by Gasteiger charge is 2.11. The second kappa shape index (κ2) is 7.56. The van der Waals surface area contributed by atoms with E-state index in [1.807, 2.05) is 30.3 Å². The van der Waals surface area contributed by atoms with Gasteiger partial charge in [0.05, 0.1) is 5.75 Å². The predicted molar refractivity (Wildman–Crippen MR) is 92.0 cm³/mol. The number of aromatic nitrogens is 4. The Kier molecular flexibility index (Phi) is 5.24. The Morgan fingerprint density at radius 3 is 2.83 bits per heavy atom. The molecule has 6 nitrogen and oxygen atoms in total. The molecule has 0 saturated carbocycles. The van der Waals surface area contributed by atoms with Gasteiger partial charge in [0.25, 0.3) is 0 Å². The highest BCUT2D eigenvalue weighted by Crippen LogP contribution is 2.29. The van der Waals surface area contributed by atoms with Crippen molar-refractivity contribution in [2.45, 2.75) is 30.4 Å². The number of thioether (sulfide) groups is 1. The number of hydrogen-bond acceptors (Lipinski definition) is 8. The van der Waals surface area contributed by atoms with E-state index in [1.54, 1.807) is 11.8 Å². The highest BCUT2D eigenvalue weighted by atomic mass is 32.2. The molecule has 0 saturated heterocycles. The molecule has 23 heavy (non-hydrogen) atoms. The van der Waals surface area contributed by atoms with Gasteiger partial charge in [-0.15, -0.1) is 10.2 Å². The summed E-state index contributed by atoms with van der Waals surface area (Å²) in [5.74, 6) is 2.52. The molecule has 2 aromatic heterocycles. The molecule has 2 heterocycles. The Labute approximate surface area is 142 Å². The minimum Gasteiger partial charge on any atom is -0.339 e. The van der Waals surface area contributed by atoms with Crippen LogP contribution in [0.15, 0.2) is 39.2 Å². The Hall–Kier alpha value is -1.93. The summed E-state index contributed by atoms with van der Waals surface area (Å²) < 4.78 is 6.10. The van der Waals surface area contributed by atoms with Gasteiger partial charge in [0.15, 0.2) is 10.2 Å². The van der Waals surface area contributed by atoms with Gasteiger partial charge in [0, 0.05) is 12.1 Å². The summed E-state index contributed by atoms with van der Waals surface area (Å²) in [6.45, 7) is 4.25. The van der Waals surface area contributed by atoms with Gasteiger partial charge in [-0.2, -0.15) is 4.98 Å². The minimum absolute atomic E-state index is 0.505. The molecule has 0 bridgehead atoms. The van der Waals surface area contributed by atoms with Gasteiger partial charge < -0.3 is 9.84 Å². The maximum atomic E-state index is 5.23. The molecule has 0 unspecified atom stereocenters. The van der Waals surface area contributed by atoms with Gasteiger partial charge in [-0.3, -0.25) is 0 Å². The van der Waals surface area contributed by atoms with Crippen LogP contribution in [0.25, 0.3) is 0 Å². The number of anilines is 2. The average Bonchev–Trinajstić information content (AvgIpc) is 3.15. The summed E-state index contributed by atoms with van der Waals surface area (Å²) in [5.41, 5.74) is 0.997. The van der Waals surface area contributed by atoms with E-state index in [0.717, 1.165) is 21.6 Å². The van der Waals surface area contributed by atoms with Crippen LogP contribution in [0, 0.1) is 5.92 Å². The molecule has 0 spiro atoms. The monoisotopic (exact) mass is 347 g/mol. The minimum atomic E-state index is 0.505. The Balaban J connectivity index is 1.54. The van der Waals surface area contributed by atoms with Gasteiger partial charge in [0.1, 0.15) is 0 Å². The van der Waals surface area contributed by atoms with Crippen molar-refractivity contribution in [2.24, 2.45) is 5.92 Å². The molecule has 1 N–H and O–H groups in total. The number of hydrogen-bond donors (Lipinski definition) is 1. The molecule has 8 heteroatoms. The van der Waals surface area contributed by atoms with Crippen molar-refractivity contribution in [3.05, 3.63) is 42.0 Å². The summed E-state index contributed by atoms with van der Waals surface area (Å²) in [4.78, 5) is 4.38. The molecular weight excluding hydrogens is 330 g/mol. The van der Waals surface area contributed by atoms with Gasteiger partial charge in [0.2, 0.25) is 11.0 Å². The Bertz CT molecular complexity index is 741. The number of nitrogens with one attached hydrogen (secondary N) is 1. The van der Waals surface area contributed by atoms with Crippen LogP contribution in [0.5, 0.6) is 0 Å². The predicted octanol–water partition coefficient (Wildman–Crippen LogP) is 4.16. The first-order valence-corrected chi connectivity index (χ1v) is 9.09. The average molecular weight is 347 g/mol. The van der Waals surface area contributed by atoms with Gasteiger partial charge in [-0.1, -0.05) is 60.3 Å². The molecule has 0 aliphatic heterocycles. The molecule has 120 valence electrons. The SMILES string of the molecule is CC(C)Cc1nc(CSc2nnc(Nc3ccccc3)s2)no1. The lowest BCUT2D eigenvalue weighted by molar-refractivity contribution is 0.360. The number of rotatable bonds is 7. The third-order valence-electron chi connectivity index (χ3n) is 2.85. The smallest absolute Gasteiger partial charge is 0.226 e. The molecule has 0 atom stereocenters. The fourth-order valence-electron chi connectivity index (χ4n) is 1.87. The van der Waals surface area contributed by atoms with Crippen LogP contribution in [0.1, 0.15) is 25.6 Å². The third kappa shape index (κ3) is 4.77. The van der Waals surface area contributed by atoms with Crippen molar-refractivity contribution >= 4 is 33.9 Å². The Morgan fingerprint density at radius 2 is 2.04 bits per heavy atom. The maximum absolute atomic E-state index is 5.23. The van der Waals surface area contributed by atoms with Crippen LogP contribution in [0.4, 0.5) is 10.8 Å². The highest BCUT2D eigenvalue weighted by molar-refractivity contribution is 8.00. The maximum Gasteiger partial charge on any atom is 0.226 e. The standard InChI is InChI=1S/C15H17N5OS2/c1-10(2)8-13-17-12(20-21-13)9-22-15-19-18-14(23-15)16-11-6-4-3-5-7-11/h3-7,10H,8-9H2,1-2H3,(H,16,18). The van der Waals surface area contributed by atoms with Crippen LogP contribution >= 0.6 is 23.1 Å². The Morgan fingerprint density at radius 1 is 1.22 bits per heavy atom. The summed E-state index contributed by atoms with van der Waals surface area (Å²) >= 11 is 3.06. The molecule has 3 aromatic rings. The van der Waals surface area contributed by atoms with E-state index in [0.29, 0.717) is 23.4 Å². The number of benzene rings is 1. The molecule has 3 rings (SSSR count). The zero-order valence-corrected chi connectivity index (χ0v) is 14.5. The zero-order chi connectivity index (χ0) is 16.1. The lowest BCUT2D eigenvalue weighted by Gasteiger charge is -1.99. The molecule has 0 amide bonds. The first kappa shape index (κ1) is 15.9. The van der Waals surface area contributed by atoms with E-state index < -0.39 is 0 Å². The molecule has 1 aromatic carbocycles. The normalized spacial score (nSPS) is 11.1. The number of nitrogens with zero attached hydrogens (tertiary/aromatic N) is 4. The van der Waals surface area contributed by atoms with Crippen molar-refractivity contribution in [1.29, 1.82) is 0 Å². The van der Waals surface area contributed by atoms with Gasteiger partial charge >= 0.3 is 0 Å². The molecular formula is C15H17N5OS2. The van der Waals surface area contributed by atoms with E-state index in [1.165, 1.54) is 11.3 Å². The van der Waals surface area contributed by atoms with Crippen LogP contribution < -0.4 is 5.32 Å². The summed E-state index contributed by atoms with van der Waals surface area (Å²) in [5, 5.41) is 16.3. The van der Waals surface area contributed by atoms with Crippen LogP contribution in [0.2, 0.25) is 0 Å². The van der Waals surface area contributed by atoms with Crippen molar-refractivity contribution in [1.82, 2.24) is 20.3 Å². The lowest BCUT2D eigenvalue weighted by atomic mass is 10.1. The fraction of sp³-hybridized carbons (Fsp3) is 0.333. The van der Waals surface area contributed by atoms with Crippen molar-refractivity contribution in [3.8, 4) is 0 Å². The van der Waals surface area contributed by atoms with Crippen molar-refractivity contribution in [3.63, 3.8) is 0 Å². The number of para-hydroxylation sites is 1. The summed E-state index contributed by atoms with van der Waals surface area (Å²) in [7, 11) is 0. The van der Waals surface area contributed by atoms with E-state index >= 15 is 0 Å². The molecule has 0 fully saturated rings. The molecule has 0 aliphatic rings. The van der Waals surface area contributed by atoms with E-state index in [2.05, 4.69) is 39.5 Å². The summed E-state index contributed by atoms with van der Waals surface area (Å²) in [6, 6.07) is 9.91. The van der Waals surface area contributed by atoms with Gasteiger partial charge in [-0.05, 0) is 18.1 Å². The van der Waals surface area contributed by atoms with Gasteiger partial charge in [-0.25, -0.2) is 0 Å². The third-order valence-corrected chi connectivity index (χ3v) is 4.82. The van der Waals surface area contributed by atoms with Crippen LogP contribution in [0.3, 0.4) is 0 Å². The largest absolute Gasteiger partial charge is 0.339 e. The van der Waals surface area contributed by atoms with E-state index in [-0.39, 0.29) is 0 Å². The quantitative estimate of drug-likeness (QED) is 0.643. The van der Waals surface area contributed by atoms with Crippen molar-refractivity contribution < 1.29 is 4.52 Å². The molecule has 0 aliphatic carbocycles. The van der Waals surface area contributed by atoms with E-state index in [4.69, 9.17) is 4.52 Å². The second-order valence-electron chi connectivity index (χ2n) is 5.36. The van der Waals surface area contributed by atoms with Crippen LogP contribution in [-0.2, 0) is 12.2 Å². The first-order chi connectivity index (χ1) is 11.2. The summed E-state index contributed by atoms with van der Waals surface area (Å²) in [6.07, 6.45) is 0.807.